The molecule has 0 aliphatic heterocycles. The van der Waals surface area contributed by atoms with Crippen molar-refractivity contribution in [3.05, 3.63) is 63.9 Å². The number of rotatable bonds is 2. The van der Waals surface area contributed by atoms with Crippen LogP contribution in [0.25, 0.3) is 0 Å². The van der Waals surface area contributed by atoms with Crippen molar-refractivity contribution in [2.45, 2.75) is 6.10 Å². The highest BCUT2D eigenvalue weighted by Crippen LogP contribution is 2.27. The summed E-state index contributed by atoms with van der Waals surface area (Å²) in [7, 11) is 0. The molecule has 4 heteroatoms. The van der Waals surface area contributed by atoms with Crippen LogP contribution in [0, 0.1) is 0 Å². The van der Waals surface area contributed by atoms with Crippen molar-refractivity contribution in [3.8, 4) is 0 Å². The lowest BCUT2D eigenvalue weighted by atomic mass is 10.1. The summed E-state index contributed by atoms with van der Waals surface area (Å²) < 4.78 is 0. The highest BCUT2D eigenvalue weighted by Gasteiger charge is 2.15. The monoisotopic (exact) mass is 253 g/mol. The topological polar surface area (TPSA) is 33.1 Å². The highest BCUT2D eigenvalue weighted by molar-refractivity contribution is 6.34. The van der Waals surface area contributed by atoms with Gasteiger partial charge in [-0.1, -0.05) is 53.5 Å². The third-order valence-corrected chi connectivity index (χ3v) is 2.72. The summed E-state index contributed by atoms with van der Waals surface area (Å²) in [6.07, 6.45) is 0.639. The van der Waals surface area contributed by atoms with Crippen LogP contribution in [-0.2, 0) is 0 Å². The molecule has 0 saturated heterocycles. The van der Waals surface area contributed by atoms with E-state index in [2.05, 4.69) is 4.98 Å². The first-order valence-electron chi connectivity index (χ1n) is 4.72. The molecule has 1 unspecified atom stereocenters. The molecule has 2 aromatic rings. The van der Waals surface area contributed by atoms with E-state index in [0.717, 1.165) is 5.56 Å². The van der Waals surface area contributed by atoms with Gasteiger partial charge in [-0.2, -0.15) is 0 Å². The van der Waals surface area contributed by atoms with E-state index in [0.29, 0.717) is 15.7 Å². The number of hydrogen-bond acceptors (Lipinski definition) is 2. The van der Waals surface area contributed by atoms with E-state index < -0.39 is 6.10 Å². The summed E-state index contributed by atoms with van der Waals surface area (Å²) in [5.74, 6) is 0. The van der Waals surface area contributed by atoms with E-state index in [1.54, 1.807) is 6.07 Å². The van der Waals surface area contributed by atoms with Gasteiger partial charge in [0.1, 0.15) is 6.10 Å². The van der Waals surface area contributed by atoms with Crippen molar-refractivity contribution in [2.24, 2.45) is 0 Å². The molecular formula is C12H9Cl2NO. The van der Waals surface area contributed by atoms with Crippen LogP contribution in [0.2, 0.25) is 10.0 Å². The molecular weight excluding hydrogens is 245 g/mol. The number of aliphatic hydroxyl groups is 1. The molecule has 2 rings (SSSR count). The van der Waals surface area contributed by atoms with Gasteiger partial charge in [-0.15, -0.1) is 0 Å². The summed E-state index contributed by atoms with van der Waals surface area (Å²) in [6, 6.07) is 10.8. The van der Waals surface area contributed by atoms with Gasteiger partial charge in [-0.25, -0.2) is 0 Å². The maximum atomic E-state index is 10.1. The lowest BCUT2D eigenvalue weighted by Gasteiger charge is -2.11. The second-order valence-corrected chi connectivity index (χ2v) is 4.18. The van der Waals surface area contributed by atoms with Crippen molar-refractivity contribution in [3.63, 3.8) is 0 Å². The number of benzene rings is 1. The molecule has 1 heterocycles. The average molecular weight is 254 g/mol. The number of nitrogens with zero attached hydrogens (tertiary/aromatic N) is 1. The van der Waals surface area contributed by atoms with Gasteiger partial charge in [0, 0.05) is 6.20 Å². The van der Waals surface area contributed by atoms with Gasteiger partial charge >= 0.3 is 0 Å². The smallest absolute Gasteiger partial charge is 0.122 e. The van der Waals surface area contributed by atoms with Gasteiger partial charge in [0.25, 0.3) is 0 Å². The summed E-state index contributed by atoms with van der Waals surface area (Å²) in [5.41, 5.74) is 1.16. The predicted octanol–water partition coefficient (Wildman–Crippen LogP) is 3.47. The predicted molar refractivity (Wildman–Crippen MR) is 64.8 cm³/mol. The number of pyridine rings is 1. The number of halogens is 2. The Morgan fingerprint density at radius 3 is 2.44 bits per heavy atom. The maximum Gasteiger partial charge on any atom is 0.122 e. The molecule has 1 aromatic carbocycles. The maximum absolute atomic E-state index is 10.1. The van der Waals surface area contributed by atoms with Crippen LogP contribution in [0.15, 0.2) is 42.6 Å². The molecule has 1 N–H and O–H groups in total. The van der Waals surface area contributed by atoms with Crippen LogP contribution in [0.4, 0.5) is 0 Å². The first-order chi connectivity index (χ1) is 7.68. The van der Waals surface area contributed by atoms with E-state index in [9.17, 15) is 5.11 Å². The highest BCUT2D eigenvalue weighted by atomic mass is 35.5. The standard InChI is InChI=1S/C12H9Cl2NO/c13-9-6-10(14)11(15-7-9)12(16)8-4-2-1-3-5-8/h1-7,12,16H. The van der Waals surface area contributed by atoms with Gasteiger partial charge < -0.3 is 5.11 Å². The first-order valence-corrected chi connectivity index (χ1v) is 5.48. The first kappa shape index (κ1) is 11.4. The summed E-state index contributed by atoms with van der Waals surface area (Å²) in [5, 5.41) is 10.9. The van der Waals surface area contributed by atoms with Crippen molar-refractivity contribution >= 4 is 23.2 Å². The minimum atomic E-state index is -0.828. The second-order valence-electron chi connectivity index (χ2n) is 3.33. The fourth-order valence-corrected chi connectivity index (χ4v) is 1.90. The van der Waals surface area contributed by atoms with Crippen LogP contribution in [0.3, 0.4) is 0 Å². The minimum absolute atomic E-state index is 0.365. The molecule has 0 fully saturated rings. The molecule has 1 aromatic heterocycles. The van der Waals surface area contributed by atoms with E-state index in [-0.39, 0.29) is 0 Å². The molecule has 0 saturated carbocycles. The molecule has 1 atom stereocenters. The number of aliphatic hydroxyl groups excluding tert-OH is 1. The van der Waals surface area contributed by atoms with Crippen LogP contribution >= 0.6 is 23.2 Å². The Hall–Kier alpha value is -1.09. The zero-order valence-electron chi connectivity index (χ0n) is 8.27. The minimum Gasteiger partial charge on any atom is -0.382 e. The van der Waals surface area contributed by atoms with Gasteiger partial charge in [0.05, 0.1) is 15.7 Å². The average Bonchev–Trinajstić information content (AvgIpc) is 2.29. The van der Waals surface area contributed by atoms with Gasteiger partial charge in [0.2, 0.25) is 0 Å². The second kappa shape index (κ2) is 4.83. The Kier molecular flexibility index (Phi) is 3.44. The molecule has 82 valence electrons. The van der Waals surface area contributed by atoms with Crippen molar-refractivity contribution in [2.75, 3.05) is 0 Å². The molecule has 0 spiro atoms. The Morgan fingerprint density at radius 2 is 1.81 bits per heavy atom. The number of hydrogen-bond donors (Lipinski definition) is 1. The van der Waals surface area contributed by atoms with Crippen molar-refractivity contribution in [1.82, 2.24) is 4.98 Å². The normalized spacial score (nSPS) is 12.4. The zero-order valence-corrected chi connectivity index (χ0v) is 9.78. The SMILES string of the molecule is OC(c1ccccc1)c1ncc(Cl)cc1Cl. The Balaban J connectivity index is 2.38. The largest absolute Gasteiger partial charge is 0.382 e. The lowest BCUT2D eigenvalue weighted by molar-refractivity contribution is 0.215. The summed E-state index contributed by atoms with van der Waals surface area (Å²) >= 11 is 11.7. The van der Waals surface area contributed by atoms with Crippen LogP contribution in [0.1, 0.15) is 17.4 Å². The lowest BCUT2D eigenvalue weighted by Crippen LogP contribution is -2.02. The van der Waals surface area contributed by atoms with E-state index in [1.807, 2.05) is 30.3 Å². The Morgan fingerprint density at radius 1 is 1.12 bits per heavy atom. The van der Waals surface area contributed by atoms with Crippen molar-refractivity contribution < 1.29 is 5.11 Å². The molecule has 0 amide bonds. The van der Waals surface area contributed by atoms with Gasteiger partial charge in [-0.3, -0.25) is 4.98 Å². The van der Waals surface area contributed by atoms with Crippen LogP contribution < -0.4 is 0 Å². The molecule has 0 aliphatic carbocycles. The third kappa shape index (κ3) is 2.35. The van der Waals surface area contributed by atoms with Crippen molar-refractivity contribution in [1.29, 1.82) is 0 Å². The van der Waals surface area contributed by atoms with Gasteiger partial charge in [0.15, 0.2) is 0 Å². The van der Waals surface area contributed by atoms with Crippen LogP contribution in [-0.4, -0.2) is 10.1 Å². The molecule has 2 nitrogen and oxygen atoms in total. The molecule has 0 radical (unpaired) electrons. The van der Waals surface area contributed by atoms with E-state index >= 15 is 0 Å². The number of aromatic nitrogens is 1. The third-order valence-electron chi connectivity index (χ3n) is 2.21. The zero-order chi connectivity index (χ0) is 11.5. The van der Waals surface area contributed by atoms with Crippen LogP contribution in [0.5, 0.6) is 0 Å². The van der Waals surface area contributed by atoms with Gasteiger partial charge in [-0.05, 0) is 11.6 Å². The van der Waals surface area contributed by atoms with E-state index in [1.165, 1.54) is 6.20 Å². The van der Waals surface area contributed by atoms with E-state index in [4.69, 9.17) is 23.2 Å². The molecule has 0 aliphatic rings. The Labute approximate surface area is 103 Å². The molecule has 0 bridgehead atoms. The quantitative estimate of drug-likeness (QED) is 0.890. The molecule has 16 heavy (non-hydrogen) atoms. The Bertz CT molecular complexity index is 488. The fourth-order valence-electron chi connectivity index (χ4n) is 1.42. The fraction of sp³-hybridized carbons (Fsp3) is 0.0833. The summed E-state index contributed by atoms with van der Waals surface area (Å²) in [6.45, 7) is 0. The summed E-state index contributed by atoms with van der Waals surface area (Å²) in [4.78, 5) is 4.04.